The maximum absolute atomic E-state index is 11.8. The van der Waals surface area contributed by atoms with Crippen LogP contribution in [0.25, 0.3) is 0 Å². The highest BCUT2D eigenvalue weighted by Crippen LogP contribution is 2.47. The molecule has 8 heteroatoms. The van der Waals surface area contributed by atoms with E-state index in [4.69, 9.17) is 19.6 Å². The van der Waals surface area contributed by atoms with Crippen molar-refractivity contribution < 1.29 is 29.0 Å². The molecule has 0 bridgehead atoms. The van der Waals surface area contributed by atoms with Gasteiger partial charge in [0.1, 0.15) is 5.60 Å². The Morgan fingerprint density at radius 2 is 1.03 bits per heavy atom. The molecule has 0 aromatic heterocycles. The van der Waals surface area contributed by atoms with Gasteiger partial charge in [-0.25, -0.2) is 4.31 Å². The fourth-order valence-corrected chi connectivity index (χ4v) is 3.98. The van der Waals surface area contributed by atoms with Crippen LogP contribution in [0.15, 0.2) is 36.4 Å². The summed E-state index contributed by atoms with van der Waals surface area (Å²) in [6, 6.07) is 12.6. The maximum atomic E-state index is 11.8. The molecule has 0 aliphatic carbocycles. The zero-order valence-corrected chi connectivity index (χ0v) is 19.8. The van der Waals surface area contributed by atoms with Crippen LogP contribution < -0.4 is 0 Å². The third-order valence-electron chi connectivity index (χ3n) is 4.77. The number of aryl methyl sites for hydroxylation is 4. The van der Waals surface area contributed by atoms with Gasteiger partial charge in [-0.1, -0.05) is 68.3 Å². The molecule has 0 spiro atoms. The lowest BCUT2D eigenvalue weighted by Crippen LogP contribution is -2.42. The second-order valence-electron chi connectivity index (χ2n) is 8.18. The maximum Gasteiger partial charge on any atom is 0.334 e. The van der Waals surface area contributed by atoms with Gasteiger partial charge >= 0.3 is 17.2 Å². The van der Waals surface area contributed by atoms with E-state index in [0.29, 0.717) is 0 Å². The lowest BCUT2D eigenvalue weighted by molar-refractivity contribution is -0.0269. The van der Waals surface area contributed by atoms with E-state index in [-0.39, 0.29) is 5.41 Å². The molecule has 2 rings (SSSR count). The summed E-state index contributed by atoms with van der Waals surface area (Å²) in [5.41, 5.74) is 5.39. The van der Waals surface area contributed by atoms with Gasteiger partial charge in [0.15, 0.2) is 0 Å². The quantitative estimate of drug-likeness (QED) is 0.442. The summed E-state index contributed by atoms with van der Waals surface area (Å²) in [6.45, 7) is 14.7. The molecule has 0 fully saturated rings. The highest BCUT2D eigenvalue weighted by Gasteiger charge is 2.44. The summed E-state index contributed by atoms with van der Waals surface area (Å²) < 4.78 is 3.60. The fraction of sp³-hybridized carbons (Fsp3) is 0.429. The van der Waals surface area contributed by atoms with Crippen molar-refractivity contribution in [2.45, 2.75) is 54.1 Å². The highest BCUT2D eigenvalue weighted by atomic mass is 31.2. The van der Waals surface area contributed by atoms with Crippen LogP contribution in [0, 0.1) is 33.1 Å². The summed E-state index contributed by atoms with van der Waals surface area (Å²) in [7, 11) is -5.22. The smallest absolute Gasteiger partial charge is 0.334 e. The molecule has 2 aromatic rings. The van der Waals surface area contributed by atoms with E-state index in [0.717, 1.165) is 22.3 Å². The molecule has 162 valence electrons. The lowest BCUT2D eigenvalue weighted by Gasteiger charge is -2.43. The van der Waals surface area contributed by atoms with Crippen molar-refractivity contribution in [3.8, 4) is 0 Å². The Hall–Kier alpha value is -0.940. The SMILES string of the molecule is Cc1ccc(C(O)(c2ccc(C)cc2C)C(C)(C)C)c(C)c1.OP(O)OP(O)O. The molecule has 5 N–H and O–H groups in total. The van der Waals surface area contributed by atoms with Crippen LogP contribution in [0.3, 0.4) is 0 Å². The molecule has 0 aliphatic heterocycles. The minimum absolute atomic E-state index is 0.312. The monoisotopic (exact) mass is 442 g/mol. The minimum Gasteiger partial charge on any atom is -0.380 e. The third-order valence-corrected chi connectivity index (χ3v) is 5.94. The van der Waals surface area contributed by atoms with E-state index in [1.54, 1.807) is 0 Å². The number of hydrogen-bond donors (Lipinski definition) is 5. The molecular weight excluding hydrogens is 410 g/mol. The van der Waals surface area contributed by atoms with Gasteiger partial charge in [0.05, 0.1) is 0 Å². The number of hydrogen-bond acceptors (Lipinski definition) is 6. The molecule has 2 aromatic carbocycles. The first-order chi connectivity index (χ1) is 13.2. The summed E-state index contributed by atoms with van der Waals surface area (Å²) >= 11 is 0. The second-order valence-corrected chi connectivity index (χ2v) is 9.85. The van der Waals surface area contributed by atoms with E-state index >= 15 is 0 Å². The van der Waals surface area contributed by atoms with Crippen molar-refractivity contribution in [1.29, 1.82) is 0 Å². The first-order valence-electron chi connectivity index (χ1n) is 9.11. The van der Waals surface area contributed by atoms with Crippen molar-refractivity contribution in [3.63, 3.8) is 0 Å². The largest absolute Gasteiger partial charge is 0.380 e. The molecule has 0 atom stereocenters. The molecule has 0 radical (unpaired) electrons. The minimum atomic E-state index is -2.61. The molecule has 0 saturated carbocycles. The zero-order chi connectivity index (χ0) is 22.6. The predicted octanol–water partition coefficient (Wildman–Crippen LogP) is 4.63. The summed E-state index contributed by atoms with van der Waals surface area (Å²) in [5.74, 6) is 0. The van der Waals surface area contributed by atoms with Gasteiger partial charge in [0.2, 0.25) is 0 Å². The van der Waals surface area contributed by atoms with Crippen LogP contribution in [0.1, 0.15) is 54.2 Å². The van der Waals surface area contributed by atoms with Crippen LogP contribution in [0.2, 0.25) is 0 Å². The molecule has 0 saturated heterocycles. The first kappa shape index (κ1) is 26.1. The van der Waals surface area contributed by atoms with Gasteiger partial charge in [-0.05, 0) is 55.4 Å². The van der Waals surface area contributed by atoms with E-state index in [1.165, 1.54) is 11.1 Å². The Balaban J connectivity index is 0.000000516. The van der Waals surface area contributed by atoms with Crippen LogP contribution in [0.5, 0.6) is 0 Å². The number of benzene rings is 2. The van der Waals surface area contributed by atoms with Crippen molar-refractivity contribution >= 4 is 17.2 Å². The lowest BCUT2D eigenvalue weighted by atomic mass is 9.66. The highest BCUT2D eigenvalue weighted by molar-refractivity contribution is 7.53. The fourth-order valence-electron chi connectivity index (χ4n) is 3.46. The average molecular weight is 442 g/mol. The number of rotatable bonds is 4. The molecule has 0 unspecified atom stereocenters. The molecule has 0 amide bonds. The summed E-state index contributed by atoms with van der Waals surface area (Å²) in [6.07, 6.45) is 0. The Morgan fingerprint density at radius 1 is 0.690 bits per heavy atom. The number of aliphatic hydroxyl groups is 1. The van der Waals surface area contributed by atoms with E-state index in [1.807, 2.05) is 0 Å². The molecule has 29 heavy (non-hydrogen) atoms. The summed E-state index contributed by atoms with van der Waals surface area (Å²) in [5, 5.41) is 11.8. The van der Waals surface area contributed by atoms with E-state index in [2.05, 4.69) is 89.2 Å². The summed E-state index contributed by atoms with van der Waals surface area (Å²) in [4.78, 5) is 31.3. The molecular formula is C21H32O6P2. The molecule has 0 heterocycles. The average Bonchev–Trinajstić information content (AvgIpc) is 2.52. The van der Waals surface area contributed by atoms with E-state index in [9.17, 15) is 5.11 Å². The van der Waals surface area contributed by atoms with Crippen molar-refractivity contribution in [2.24, 2.45) is 5.41 Å². The topological polar surface area (TPSA) is 110 Å². The van der Waals surface area contributed by atoms with Gasteiger partial charge in [-0.2, -0.15) is 0 Å². The van der Waals surface area contributed by atoms with Gasteiger partial charge in [-0.15, -0.1) is 0 Å². The van der Waals surface area contributed by atoms with Crippen LogP contribution >= 0.6 is 17.2 Å². The van der Waals surface area contributed by atoms with Gasteiger partial charge in [-0.3, -0.25) is 0 Å². The predicted molar refractivity (Wildman–Crippen MR) is 118 cm³/mol. The van der Waals surface area contributed by atoms with Gasteiger partial charge < -0.3 is 24.7 Å². The Labute approximate surface area is 175 Å². The van der Waals surface area contributed by atoms with Crippen molar-refractivity contribution in [3.05, 3.63) is 69.8 Å². The van der Waals surface area contributed by atoms with Gasteiger partial charge in [0, 0.05) is 0 Å². The van der Waals surface area contributed by atoms with Crippen LogP contribution in [-0.2, 0) is 9.91 Å². The zero-order valence-electron chi connectivity index (χ0n) is 18.0. The normalized spacial score (nSPS) is 12.2. The van der Waals surface area contributed by atoms with Crippen LogP contribution in [-0.4, -0.2) is 24.7 Å². The Kier molecular flexibility index (Phi) is 9.35. The third kappa shape index (κ3) is 6.78. The Bertz CT molecular complexity index is 758. The van der Waals surface area contributed by atoms with Crippen molar-refractivity contribution in [1.82, 2.24) is 0 Å². The van der Waals surface area contributed by atoms with Crippen LogP contribution in [0.4, 0.5) is 0 Å². The molecule has 6 nitrogen and oxygen atoms in total. The van der Waals surface area contributed by atoms with Gasteiger partial charge in [0.25, 0.3) is 0 Å². The standard InChI is InChI=1S/C21H28O.H4O5P2/c1-14-8-10-18(16(3)12-14)21(22,20(5,6)7)19-11-9-15(2)13-17(19)4;1-6(2)5-7(3)4/h8-13,22H,1-7H3;1-4H. The second kappa shape index (κ2) is 10.4. The molecule has 0 aliphatic rings. The first-order valence-corrected chi connectivity index (χ1v) is 11.4. The Morgan fingerprint density at radius 3 is 1.24 bits per heavy atom. The van der Waals surface area contributed by atoms with Crippen molar-refractivity contribution in [2.75, 3.05) is 0 Å². The van der Waals surface area contributed by atoms with E-state index < -0.39 is 22.8 Å².